The van der Waals surface area contributed by atoms with E-state index in [1.54, 1.807) is 0 Å². The van der Waals surface area contributed by atoms with Crippen LogP contribution < -0.4 is 0 Å². The van der Waals surface area contributed by atoms with E-state index < -0.39 is 21.9 Å². The topological polar surface area (TPSA) is 102 Å². The molecule has 10 nitrogen and oxygen atoms in total. The van der Waals surface area contributed by atoms with Gasteiger partial charge in [0.15, 0.2) is 0 Å². The average molecular weight is 953 g/mol. The molecule has 0 aromatic rings. The van der Waals surface area contributed by atoms with Gasteiger partial charge in [0.2, 0.25) is 0 Å². The summed E-state index contributed by atoms with van der Waals surface area (Å²) in [5.41, 5.74) is 0. The highest BCUT2D eigenvalue weighted by atomic mass is 31.3. The quantitative estimate of drug-likeness (QED) is 0.0469. The highest BCUT2D eigenvalue weighted by molar-refractivity contribution is 7.61. The van der Waals surface area contributed by atoms with Gasteiger partial charge in [-0.05, 0) is 77.0 Å². The second-order valence-electron chi connectivity index (χ2n) is 18.6. The molecule has 0 aliphatic carbocycles. The number of phosphoric acid groups is 2. The van der Waals surface area contributed by atoms with Gasteiger partial charge in [0, 0.05) is 0 Å². The van der Waals surface area contributed by atoms with Gasteiger partial charge in [-0.3, -0.25) is 0 Å². The van der Waals surface area contributed by atoms with E-state index in [-0.39, 0.29) is 0 Å². The molecule has 1 saturated heterocycles. The van der Waals surface area contributed by atoms with Crippen LogP contribution in [0.4, 0.5) is 8.78 Å². The van der Waals surface area contributed by atoms with Crippen LogP contribution in [-0.2, 0) is 22.5 Å². The van der Waals surface area contributed by atoms with E-state index >= 15 is 0 Å². The highest BCUT2D eigenvalue weighted by Gasteiger charge is 2.62. The van der Waals surface area contributed by atoms with Crippen molar-refractivity contribution in [3.63, 3.8) is 0 Å². The summed E-state index contributed by atoms with van der Waals surface area (Å²) in [6.07, 6.45) is 29.1. The van der Waals surface area contributed by atoms with E-state index in [1.165, 1.54) is 246 Å². The van der Waals surface area contributed by atoms with Crippen molar-refractivity contribution in [3.05, 3.63) is 0 Å². The number of rotatable bonds is 38. The van der Waals surface area contributed by atoms with Gasteiger partial charge >= 0.3 is 21.9 Å². The predicted octanol–water partition coefficient (Wildman–Crippen LogP) is 15.8. The monoisotopic (exact) mass is 953 g/mol. The summed E-state index contributed by atoms with van der Waals surface area (Å²) in [5.74, 6) is 0. The molecule has 0 aromatic heterocycles. The van der Waals surface area contributed by atoms with E-state index in [0.29, 0.717) is 0 Å². The molecule has 0 unspecified atom stereocenters. The van der Waals surface area contributed by atoms with Crippen molar-refractivity contribution < 1.29 is 54.5 Å². The molecular weight excluding hydrogens is 842 g/mol. The van der Waals surface area contributed by atoms with Crippen molar-refractivity contribution >= 4 is 15.6 Å². The smallest absolute Gasteiger partial charge is 0.324 e. The Morgan fingerprint density at radius 3 is 0.635 bits per heavy atom. The van der Waals surface area contributed by atoms with Crippen LogP contribution in [0.5, 0.6) is 0 Å². The predicted molar refractivity (Wildman–Crippen MR) is 266 cm³/mol. The van der Waals surface area contributed by atoms with Gasteiger partial charge in [-0.2, -0.15) is 13.4 Å². The SMILES string of the molecule is CCCC[N+](CCCC)(CCCC)CCCC.CCCC[N+](CCCC)(CCCC)CCCC.CCCC[N+](CCCC)(CCCC)CCCC.O=P(O)(O)OP1(=O)OC(F)(F)O1. The molecule has 1 aliphatic heterocycles. The molecule has 0 aromatic carbocycles. The number of alkyl halides is 2. The lowest BCUT2D eigenvalue weighted by Crippen LogP contribution is -2.50. The van der Waals surface area contributed by atoms with Gasteiger partial charge in [-0.1, -0.05) is 160 Å². The number of nitrogens with zero attached hydrogens (tertiary/aromatic N) is 3. The first kappa shape index (κ1) is 67.3. The van der Waals surface area contributed by atoms with Crippen molar-refractivity contribution in [1.29, 1.82) is 0 Å². The molecule has 0 spiro atoms. The number of hydrogen-bond donors (Lipinski definition) is 2. The standard InChI is InChI=1S/3C16H36N.CH2F2O7P2/c3*1-5-9-13-17(14-10-6-2,15-11-7-3)16-12-8-4;2-1(3)8-12(7,9-1)10-11(4,5)6/h3*5-16H2,1-4H3;(H2,4,5,6)/q3*+1;. The van der Waals surface area contributed by atoms with Crippen LogP contribution in [0.2, 0.25) is 0 Å². The Bertz CT molecular complexity index is 893. The Morgan fingerprint density at radius 2 is 0.540 bits per heavy atom. The summed E-state index contributed by atoms with van der Waals surface area (Å²) in [5, 5.41) is 0. The summed E-state index contributed by atoms with van der Waals surface area (Å²) in [7, 11) is -9.90. The molecular formula is C49H110F2N3O7P2+3. The molecule has 14 heteroatoms. The third-order valence-corrected chi connectivity index (χ3v) is 15.0. The number of phosphoric ester groups is 1. The third-order valence-electron chi connectivity index (χ3n) is 12.5. The fourth-order valence-electron chi connectivity index (χ4n) is 8.37. The lowest BCUT2D eigenvalue weighted by Gasteiger charge is -2.39. The Balaban J connectivity index is -0.000000767. The summed E-state index contributed by atoms with van der Waals surface area (Å²) in [4.78, 5) is 16.0. The van der Waals surface area contributed by atoms with Crippen molar-refractivity contribution in [1.82, 2.24) is 0 Å². The maximum atomic E-state index is 11.7. The van der Waals surface area contributed by atoms with Crippen LogP contribution in [0.15, 0.2) is 0 Å². The molecule has 63 heavy (non-hydrogen) atoms. The Kier molecular flexibility index (Phi) is 43.8. The zero-order valence-corrected chi connectivity index (χ0v) is 45.7. The molecule has 1 heterocycles. The van der Waals surface area contributed by atoms with Gasteiger partial charge in [0.1, 0.15) is 0 Å². The molecule has 0 radical (unpaired) electrons. The molecule has 0 saturated carbocycles. The first-order valence-corrected chi connectivity index (χ1v) is 29.6. The van der Waals surface area contributed by atoms with E-state index in [2.05, 4.69) is 96.4 Å². The van der Waals surface area contributed by atoms with Gasteiger partial charge in [-0.25, -0.2) is 9.13 Å². The van der Waals surface area contributed by atoms with Gasteiger partial charge in [-0.15, -0.1) is 8.78 Å². The normalized spacial score (nSPS) is 14.7. The molecule has 1 aliphatic rings. The lowest BCUT2D eigenvalue weighted by molar-refractivity contribution is -0.929. The Hall–Kier alpha value is -0.0000000000000000486. The molecule has 0 amide bonds. The Labute approximate surface area is 391 Å². The Morgan fingerprint density at radius 1 is 0.397 bits per heavy atom. The molecule has 0 bridgehead atoms. The lowest BCUT2D eigenvalue weighted by atomic mass is 10.1. The van der Waals surface area contributed by atoms with E-state index in [0.717, 1.165) is 0 Å². The minimum atomic E-state index is -5.16. The van der Waals surface area contributed by atoms with Crippen molar-refractivity contribution in [2.24, 2.45) is 0 Å². The molecule has 1 fully saturated rings. The molecule has 384 valence electrons. The zero-order valence-electron chi connectivity index (χ0n) is 43.9. The maximum absolute atomic E-state index is 11.7. The average Bonchev–Trinajstić information content (AvgIpc) is 3.24. The van der Waals surface area contributed by atoms with Crippen LogP contribution >= 0.6 is 15.6 Å². The maximum Gasteiger partial charge on any atom is 0.503 e. The first-order chi connectivity index (χ1) is 29.8. The number of hydrogen-bond acceptors (Lipinski definition) is 5. The summed E-state index contributed by atoms with van der Waals surface area (Å²) in [6.45, 7) is 45.1. The number of quaternary nitrogens is 3. The van der Waals surface area contributed by atoms with Crippen LogP contribution in [0.1, 0.15) is 237 Å². The fourth-order valence-corrected chi connectivity index (χ4v) is 10.2. The molecule has 0 atom stereocenters. The number of halogens is 2. The second kappa shape index (κ2) is 41.0. The summed E-state index contributed by atoms with van der Waals surface area (Å²) >= 11 is 0. The fraction of sp³-hybridized carbons (Fsp3) is 1.00. The minimum Gasteiger partial charge on any atom is -0.324 e. The second-order valence-corrected chi connectivity index (χ2v) is 21.5. The summed E-state index contributed by atoms with van der Waals surface area (Å²) < 4.78 is 57.6. The van der Waals surface area contributed by atoms with Gasteiger partial charge in [0.25, 0.3) is 0 Å². The highest BCUT2D eigenvalue weighted by Crippen LogP contribution is 2.72. The largest absolute Gasteiger partial charge is 0.503 e. The van der Waals surface area contributed by atoms with Gasteiger partial charge in [0.05, 0.1) is 78.5 Å². The van der Waals surface area contributed by atoms with Crippen LogP contribution in [0, 0.1) is 0 Å². The third kappa shape index (κ3) is 36.7. The molecule has 1 rings (SSSR count). The van der Waals surface area contributed by atoms with Crippen molar-refractivity contribution in [3.8, 4) is 0 Å². The van der Waals surface area contributed by atoms with Crippen LogP contribution in [0.25, 0.3) is 0 Å². The first-order valence-electron chi connectivity index (χ1n) is 26.6. The number of unbranched alkanes of at least 4 members (excludes halogenated alkanes) is 12. The van der Waals surface area contributed by atoms with Crippen LogP contribution in [-0.4, -0.2) is 108 Å². The summed E-state index contributed by atoms with van der Waals surface area (Å²) in [6, 6.07) is 0. The van der Waals surface area contributed by atoms with E-state index in [4.69, 9.17) is 9.79 Å². The van der Waals surface area contributed by atoms with Crippen molar-refractivity contribution in [2.75, 3.05) is 78.5 Å². The van der Waals surface area contributed by atoms with E-state index in [1.807, 2.05) is 0 Å². The van der Waals surface area contributed by atoms with E-state index in [9.17, 15) is 17.9 Å². The van der Waals surface area contributed by atoms with Gasteiger partial charge < -0.3 is 23.2 Å². The van der Waals surface area contributed by atoms with Crippen LogP contribution in [0.3, 0.4) is 0 Å². The minimum absolute atomic E-state index is 1.35. The zero-order chi connectivity index (χ0) is 48.6. The van der Waals surface area contributed by atoms with Crippen molar-refractivity contribution in [2.45, 2.75) is 243 Å². The molecule has 2 N–H and O–H groups in total.